The van der Waals surface area contributed by atoms with Crippen LogP contribution in [0.5, 0.6) is 0 Å². The summed E-state index contributed by atoms with van der Waals surface area (Å²) in [4.78, 5) is 50.9. The fourth-order valence-corrected chi connectivity index (χ4v) is 7.73. The van der Waals surface area contributed by atoms with Gasteiger partial charge in [0.25, 0.3) is 0 Å². The number of ether oxygens (including phenoxy) is 3. The molecule has 3 saturated heterocycles. The number of para-hydroxylation sites is 3. The van der Waals surface area contributed by atoms with Gasteiger partial charge in [0.05, 0.1) is 76.5 Å². The third-order valence-corrected chi connectivity index (χ3v) is 10.5. The first-order chi connectivity index (χ1) is 26.3. The fourth-order valence-electron chi connectivity index (χ4n) is 5.54. The van der Waals surface area contributed by atoms with Crippen LogP contribution in [-0.4, -0.2) is 122 Å². The van der Waals surface area contributed by atoms with Crippen molar-refractivity contribution < 1.29 is 58.0 Å². The summed E-state index contributed by atoms with van der Waals surface area (Å²) in [6.45, 7) is 13.2. The molecule has 0 radical (unpaired) electrons. The van der Waals surface area contributed by atoms with Gasteiger partial charge in [-0.05, 0) is 62.5 Å². The van der Waals surface area contributed by atoms with Gasteiger partial charge in [0, 0.05) is 50.4 Å². The Kier molecular flexibility index (Phi) is 19.9. The van der Waals surface area contributed by atoms with Crippen molar-refractivity contribution in [3.05, 3.63) is 77.4 Å². The summed E-state index contributed by atoms with van der Waals surface area (Å²) in [5.41, 5.74) is 3.55. The van der Waals surface area contributed by atoms with Crippen LogP contribution in [0.1, 0.15) is 44.9 Å². The second-order valence-corrected chi connectivity index (χ2v) is 14.2. The van der Waals surface area contributed by atoms with Gasteiger partial charge >= 0.3 is 24.8 Å². The van der Waals surface area contributed by atoms with Gasteiger partial charge in [-0.15, -0.1) is 0 Å². The molecule has 0 saturated carbocycles. The quantitative estimate of drug-likeness (QED) is 0.110. The Morgan fingerprint density at radius 1 is 0.714 bits per heavy atom. The number of aromatic carboxylic acids is 1. The molecule has 292 valence electrons. The Morgan fingerprint density at radius 2 is 1.16 bits per heavy atom. The van der Waals surface area contributed by atoms with Crippen molar-refractivity contribution in [1.29, 1.82) is 0 Å². The molecule has 0 spiro atoms. The average molecular weight is 815 g/mol. The number of ketones is 2. The van der Waals surface area contributed by atoms with Gasteiger partial charge in [-0.2, -0.15) is 4.99 Å². The Bertz CT molecular complexity index is 1950. The van der Waals surface area contributed by atoms with Crippen molar-refractivity contribution in [3.63, 3.8) is 0 Å². The summed E-state index contributed by atoms with van der Waals surface area (Å²) in [5, 5.41) is 16.4. The number of isothiocyanates is 1. The zero-order chi connectivity index (χ0) is 38.3. The molecule has 0 amide bonds. The number of aliphatic imine (C=N–C) groups is 1. The van der Waals surface area contributed by atoms with Crippen LogP contribution in [0.3, 0.4) is 0 Å². The molecule has 3 aromatic carbocycles. The van der Waals surface area contributed by atoms with Crippen molar-refractivity contribution >= 4 is 94.0 Å². The van der Waals surface area contributed by atoms with E-state index in [1.54, 1.807) is 54.7 Å². The molecule has 8 rings (SSSR count). The van der Waals surface area contributed by atoms with Gasteiger partial charge in [-0.3, -0.25) is 9.59 Å². The number of hydrogen-bond acceptors (Lipinski definition) is 16. The number of hydrogen-bond donors (Lipinski definition) is 2. The van der Waals surface area contributed by atoms with E-state index in [4.69, 9.17) is 19.3 Å². The molecule has 0 aliphatic carbocycles. The number of benzene rings is 3. The minimum Gasteiger partial charge on any atom is -0.870 e. The number of aromatic nitrogens is 2. The van der Waals surface area contributed by atoms with Gasteiger partial charge < -0.3 is 39.9 Å². The SMILES string of the molecule is C1COCCN1.CC(=O)c1cccc2sc(N3CCOCC3)nc12.CC(=O)c1ccccc1N=C=S.O=C(O)c1cccc2sc(N3CCOCC3)nc12.[Li+].[OH-]. The number of Topliss-reactive ketones (excluding diaryl/α,β-unsaturated/α-hetero) is 2. The molecule has 56 heavy (non-hydrogen) atoms. The number of thiazole rings is 2. The van der Waals surface area contributed by atoms with E-state index >= 15 is 0 Å². The van der Waals surface area contributed by atoms with E-state index in [2.05, 4.69) is 47.5 Å². The van der Waals surface area contributed by atoms with Crippen LogP contribution in [0.25, 0.3) is 20.4 Å². The van der Waals surface area contributed by atoms with Crippen LogP contribution in [0.2, 0.25) is 0 Å². The number of thiocarbonyl (C=S) groups is 1. The Hall–Kier alpha value is -3.95. The second kappa shape index (κ2) is 24.0. The summed E-state index contributed by atoms with van der Waals surface area (Å²) < 4.78 is 17.6. The number of nitrogens with one attached hydrogen (secondary N) is 1. The number of anilines is 2. The standard InChI is InChI=1S/C13H14N2O2S.C12H12N2O3S.C9H7NOS.C4H9NO.Li.H2O/c1-9(16)10-3-2-4-11-12(10)14-13(18-11)15-5-7-17-8-6-15;15-11(16)8-2-1-3-9-10(8)13-12(18-9)14-4-6-17-7-5-14;1-7(11)8-4-2-3-5-9(8)10-6-12;1-3-6-4-2-5-1;;/h2-4H,5-8H2,1H3;1-3H,4-7H2,(H,15,16);2-5H,1H3;5H,1-4H2;;1H2/q;;;;+1;/p-1. The summed E-state index contributed by atoms with van der Waals surface area (Å²) in [6, 6.07) is 18.1. The normalized spacial score (nSPS) is 14.8. The first-order valence-electron chi connectivity index (χ1n) is 17.4. The summed E-state index contributed by atoms with van der Waals surface area (Å²) in [5.74, 6) is -0.876. The Balaban J connectivity index is 0.000000210. The Morgan fingerprint density at radius 3 is 1.59 bits per heavy atom. The number of carbonyl (C=O) groups excluding carboxylic acids is 2. The third-order valence-electron chi connectivity index (χ3n) is 8.28. The predicted molar refractivity (Wildman–Crippen MR) is 219 cm³/mol. The zero-order valence-electron chi connectivity index (χ0n) is 31.6. The minimum absolute atomic E-state index is 0. The van der Waals surface area contributed by atoms with Crippen LogP contribution in [0.15, 0.2) is 65.7 Å². The maximum absolute atomic E-state index is 11.6. The van der Waals surface area contributed by atoms with Crippen LogP contribution in [0, 0.1) is 0 Å². The monoisotopic (exact) mass is 814 g/mol. The maximum Gasteiger partial charge on any atom is 1.00 e. The number of carboxylic acids is 1. The minimum atomic E-state index is -0.931. The van der Waals surface area contributed by atoms with E-state index in [0.29, 0.717) is 35.5 Å². The van der Waals surface area contributed by atoms with E-state index in [-0.39, 0.29) is 41.5 Å². The summed E-state index contributed by atoms with van der Waals surface area (Å²) >= 11 is 7.63. The molecule has 0 atom stereocenters. The molecule has 18 heteroatoms. The van der Waals surface area contributed by atoms with E-state index in [0.717, 1.165) is 90.9 Å². The van der Waals surface area contributed by atoms with E-state index in [1.165, 1.54) is 18.3 Å². The number of morpholine rings is 3. The van der Waals surface area contributed by atoms with Gasteiger partial charge in [-0.25, -0.2) is 14.8 Å². The maximum atomic E-state index is 11.6. The molecular weight excluding hydrogens is 772 g/mol. The molecule has 5 heterocycles. The molecule has 2 aromatic heterocycles. The first-order valence-corrected chi connectivity index (χ1v) is 19.5. The topological polar surface area (TPSA) is 186 Å². The van der Waals surface area contributed by atoms with Gasteiger partial charge in [0.2, 0.25) is 0 Å². The first kappa shape index (κ1) is 46.4. The van der Waals surface area contributed by atoms with Crippen LogP contribution < -0.4 is 34.0 Å². The van der Waals surface area contributed by atoms with Crippen LogP contribution in [0.4, 0.5) is 16.0 Å². The molecule has 3 aliphatic heterocycles. The molecule has 0 unspecified atom stereocenters. The van der Waals surface area contributed by atoms with Crippen molar-refractivity contribution in [2.24, 2.45) is 4.99 Å². The molecule has 3 fully saturated rings. The molecule has 14 nitrogen and oxygen atoms in total. The van der Waals surface area contributed by atoms with E-state index < -0.39 is 5.97 Å². The largest absolute Gasteiger partial charge is 1.00 e. The van der Waals surface area contributed by atoms with E-state index in [9.17, 15) is 14.4 Å². The smallest absolute Gasteiger partial charge is 0.870 e. The zero-order valence-corrected chi connectivity index (χ0v) is 34.0. The van der Waals surface area contributed by atoms with Crippen molar-refractivity contribution in [2.75, 3.05) is 88.7 Å². The van der Waals surface area contributed by atoms with Crippen molar-refractivity contribution in [3.8, 4) is 0 Å². The molecule has 3 N–H and O–H groups in total. The average Bonchev–Trinajstić information content (AvgIpc) is 3.86. The van der Waals surface area contributed by atoms with Gasteiger partial charge in [-0.1, -0.05) is 46.9 Å². The Labute approximate surface area is 350 Å². The number of nitrogens with zero attached hydrogens (tertiary/aromatic N) is 5. The molecule has 5 aromatic rings. The molecule has 0 bridgehead atoms. The van der Waals surface area contributed by atoms with Gasteiger partial charge in [0.15, 0.2) is 21.8 Å². The number of carboxylic acid groups (broad SMARTS) is 1. The second-order valence-electron chi connectivity index (χ2n) is 12.0. The van der Waals surface area contributed by atoms with Crippen LogP contribution in [-0.2, 0) is 14.2 Å². The van der Waals surface area contributed by atoms with Crippen LogP contribution >= 0.6 is 34.9 Å². The number of carbonyl (C=O) groups is 3. The molecular formula is C38H43LiN6O8S3. The molecule has 3 aliphatic rings. The summed E-state index contributed by atoms with van der Waals surface area (Å²) in [6.07, 6.45) is 0. The fraction of sp³-hybridized carbons (Fsp3) is 0.368. The van der Waals surface area contributed by atoms with Crippen molar-refractivity contribution in [2.45, 2.75) is 13.8 Å². The van der Waals surface area contributed by atoms with Crippen molar-refractivity contribution in [1.82, 2.24) is 15.3 Å². The number of rotatable bonds is 6. The summed E-state index contributed by atoms with van der Waals surface area (Å²) in [7, 11) is 0. The number of fused-ring (bicyclic) bond motifs is 2. The van der Waals surface area contributed by atoms with Gasteiger partial charge in [0.1, 0.15) is 0 Å². The predicted octanol–water partition coefficient (Wildman–Crippen LogP) is 3.22. The van der Waals surface area contributed by atoms with E-state index in [1.807, 2.05) is 24.3 Å². The third kappa shape index (κ3) is 13.1.